The molecular formula is C10H12FN3O. The summed E-state index contributed by atoms with van der Waals surface area (Å²) in [6.45, 7) is 1.95. The number of aromatic nitrogens is 1. The fraction of sp³-hybridized carbons (Fsp3) is 0.400. The van der Waals surface area contributed by atoms with Crippen molar-refractivity contribution in [2.45, 2.75) is 0 Å². The summed E-state index contributed by atoms with van der Waals surface area (Å²) in [6.07, 6.45) is 1.05. The van der Waals surface area contributed by atoms with E-state index >= 15 is 0 Å². The molecule has 0 atom stereocenters. The van der Waals surface area contributed by atoms with E-state index in [9.17, 15) is 9.18 Å². The van der Waals surface area contributed by atoms with Crippen LogP contribution in [0.2, 0.25) is 0 Å². The zero-order chi connectivity index (χ0) is 10.8. The molecule has 1 amide bonds. The van der Waals surface area contributed by atoms with Crippen molar-refractivity contribution in [3.63, 3.8) is 0 Å². The number of carbonyl (C=O) groups excluding carboxylic acids is 1. The summed E-state index contributed by atoms with van der Waals surface area (Å²) >= 11 is 0. The van der Waals surface area contributed by atoms with Crippen LogP contribution < -0.4 is 5.73 Å². The van der Waals surface area contributed by atoms with Crippen LogP contribution >= 0.6 is 0 Å². The van der Waals surface area contributed by atoms with Crippen molar-refractivity contribution >= 4 is 5.91 Å². The van der Waals surface area contributed by atoms with Crippen molar-refractivity contribution < 1.29 is 9.18 Å². The van der Waals surface area contributed by atoms with E-state index in [0.717, 1.165) is 6.20 Å². The molecular weight excluding hydrogens is 197 g/mol. The summed E-state index contributed by atoms with van der Waals surface area (Å²) in [7, 11) is 0. The average Bonchev–Trinajstić information content (AvgIpc) is 2.17. The molecule has 80 valence electrons. The Morgan fingerprint density at radius 1 is 1.60 bits per heavy atom. The molecule has 0 aromatic carbocycles. The minimum atomic E-state index is -0.435. The topological polar surface area (TPSA) is 59.2 Å². The largest absolute Gasteiger partial charge is 0.337 e. The predicted octanol–water partition coefficient (Wildman–Crippen LogP) is 0.251. The summed E-state index contributed by atoms with van der Waals surface area (Å²) in [5.74, 6) is -0.191. The van der Waals surface area contributed by atoms with E-state index in [1.807, 2.05) is 0 Å². The molecule has 1 aliphatic heterocycles. The zero-order valence-electron chi connectivity index (χ0n) is 8.19. The average molecular weight is 209 g/mol. The lowest BCUT2D eigenvalue weighted by Crippen LogP contribution is -2.52. The molecule has 0 bridgehead atoms. The van der Waals surface area contributed by atoms with Crippen molar-refractivity contribution in [1.29, 1.82) is 0 Å². The molecule has 0 saturated carbocycles. The van der Waals surface area contributed by atoms with Crippen molar-refractivity contribution in [3.8, 4) is 0 Å². The van der Waals surface area contributed by atoms with Gasteiger partial charge in [0.05, 0.1) is 6.20 Å². The van der Waals surface area contributed by atoms with Gasteiger partial charge >= 0.3 is 0 Å². The highest BCUT2D eigenvalue weighted by molar-refractivity contribution is 5.92. The quantitative estimate of drug-likeness (QED) is 0.759. The number of halogens is 1. The van der Waals surface area contributed by atoms with Gasteiger partial charge in [-0.05, 0) is 18.7 Å². The lowest BCUT2D eigenvalue weighted by Gasteiger charge is -2.38. The van der Waals surface area contributed by atoms with Crippen molar-refractivity contribution in [2.75, 3.05) is 19.6 Å². The smallest absolute Gasteiger partial charge is 0.272 e. The number of amides is 1. The molecule has 0 unspecified atom stereocenters. The Kier molecular flexibility index (Phi) is 2.64. The van der Waals surface area contributed by atoms with Gasteiger partial charge in [-0.15, -0.1) is 0 Å². The number of hydrogen-bond acceptors (Lipinski definition) is 3. The van der Waals surface area contributed by atoms with Gasteiger partial charge in [0.2, 0.25) is 0 Å². The first-order valence-electron chi connectivity index (χ1n) is 4.81. The van der Waals surface area contributed by atoms with E-state index in [4.69, 9.17) is 5.73 Å². The van der Waals surface area contributed by atoms with Crippen LogP contribution in [0.4, 0.5) is 4.39 Å². The monoisotopic (exact) mass is 209 g/mol. The van der Waals surface area contributed by atoms with Crippen LogP contribution in [-0.4, -0.2) is 35.4 Å². The van der Waals surface area contributed by atoms with E-state index in [2.05, 4.69) is 4.98 Å². The van der Waals surface area contributed by atoms with E-state index < -0.39 is 5.82 Å². The molecule has 1 aromatic heterocycles. The van der Waals surface area contributed by atoms with Crippen LogP contribution in [-0.2, 0) is 0 Å². The Balaban J connectivity index is 2.00. The van der Waals surface area contributed by atoms with Crippen LogP contribution in [0.3, 0.4) is 0 Å². The highest BCUT2D eigenvalue weighted by Gasteiger charge is 2.30. The van der Waals surface area contributed by atoms with Crippen LogP contribution in [0.5, 0.6) is 0 Å². The summed E-state index contributed by atoms with van der Waals surface area (Å²) in [4.78, 5) is 17.1. The third-order valence-corrected chi connectivity index (χ3v) is 2.52. The Bertz CT molecular complexity index is 359. The number of likely N-dealkylation sites (tertiary alicyclic amines) is 1. The van der Waals surface area contributed by atoms with Crippen LogP contribution in [0.15, 0.2) is 18.3 Å². The van der Waals surface area contributed by atoms with E-state index in [1.165, 1.54) is 12.1 Å². The molecule has 2 N–H and O–H groups in total. The zero-order valence-corrected chi connectivity index (χ0v) is 8.19. The van der Waals surface area contributed by atoms with Crippen LogP contribution in [0.25, 0.3) is 0 Å². The maximum Gasteiger partial charge on any atom is 0.272 e. The molecule has 1 aliphatic rings. The molecule has 2 heterocycles. The minimum Gasteiger partial charge on any atom is -0.337 e. The molecule has 2 rings (SSSR count). The number of rotatable bonds is 2. The predicted molar refractivity (Wildman–Crippen MR) is 52.6 cm³/mol. The highest BCUT2D eigenvalue weighted by atomic mass is 19.1. The lowest BCUT2D eigenvalue weighted by molar-refractivity contribution is 0.0509. The maximum absolute atomic E-state index is 12.6. The maximum atomic E-state index is 12.6. The number of carbonyl (C=O) groups is 1. The Hall–Kier alpha value is -1.49. The molecule has 4 nitrogen and oxygen atoms in total. The van der Waals surface area contributed by atoms with Gasteiger partial charge in [-0.2, -0.15) is 0 Å². The van der Waals surface area contributed by atoms with Crippen molar-refractivity contribution in [2.24, 2.45) is 11.7 Å². The van der Waals surface area contributed by atoms with Gasteiger partial charge in [0.1, 0.15) is 11.5 Å². The van der Waals surface area contributed by atoms with Crippen molar-refractivity contribution in [3.05, 3.63) is 29.8 Å². The number of hydrogen-bond donors (Lipinski definition) is 1. The second-order valence-corrected chi connectivity index (χ2v) is 3.67. The molecule has 0 spiro atoms. The normalized spacial score (nSPS) is 16.3. The van der Waals surface area contributed by atoms with E-state index in [-0.39, 0.29) is 11.6 Å². The molecule has 15 heavy (non-hydrogen) atoms. The lowest BCUT2D eigenvalue weighted by atomic mass is 10.00. The molecule has 1 saturated heterocycles. The fourth-order valence-corrected chi connectivity index (χ4v) is 1.55. The van der Waals surface area contributed by atoms with Gasteiger partial charge in [-0.25, -0.2) is 9.37 Å². The fourth-order valence-electron chi connectivity index (χ4n) is 1.55. The van der Waals surface area contributed by atoms with E-state index in [1.54, 1.807) is 4.90 Å². The number of nitrogens with two attached hydrogens (primary N) is 1. The third-order valence-electron chi connectivity index (χ3n) is 2.52. The standard InChI is InChI=1S/C10H12FN3O/c11-8-1-2-9(13-4-8)10(15)14-5-7(3-12)6-14/h1-2,4,7H,3,5-6,12H2. The summed E-state index contributed by atoms with van der Waals surface area (Å²) in [6, 6.07) is 2.63. The SMILES string of the molecule is NCC1CN(C(=O)c2ccc(F)cn2)C1. The first-order chi connectivity index (χ1) is 7.20. The third kappa shape index (κ3) is 1.97. The molecule has 0 aliphatic carbocycles. The van der Waals surface area contributed by atoms with E-state index in [0.29, 0.717) is 25.6 Å². The Morgan fingerprint density at radius 3 is 2.87 bits per heavy atom. The Morgan fingerprint density at radius 2 is 2.33 bits per heavy atom. The van der Waals surface area contributed by atoms with Crippen molar-refractivity contribution in [1.82, 2.24) is 9.88 Å². The number of pyridine rings is 1. The second kappa shape index (κ2) is 3.94. The summed E-state index contributed by atoms with van der Waals surface area (Å²) < 4.78 is 12.6. The van der Waals surface area contributed by atoms with Gasteiger partial charge in [0.15, 0.2) is 0 Å². The van der Waals surface area contributed by atoms with Gasteiger partial charge in [-0.3, -0.25) is 4.79 Å². The minimum absolute atomic E-state index is 0.153. The second-order valence-electron chi connectivity index (χ2n) is 3.67. The van der Waals surface area contributed by atoms with Gasteiger partial charge in [0.25, 0.3) is 5.91 Å². The van der Waals surface area contributed by atoms with Gasteiger partial charge in [-0.1, -0.05) is 0 Å². The summed E-state index contributed by atoms with van der Waals surface area (Å²) in [5.41, 5.74) is 5.74. The van der Waals surface area contributed by atoms with Crippen LogP contribution in [0.1, 0.15) is 10.5 Å². The Labute approximate surface area is 86.9 Å². The molecule has 0 radical (unpaired) electrons. The molecule has 5 heteroatoms. The number of nitrogens with zero attached hydrogens (tertiary/aromatic N) is 2. The first kappa shape index (κ1) is 10.0. The first-order valence-corrected chi connectivity index (χ1v) is 4.81. The van der Waals surface area contributed by atoms with Gasteiger partial charge < -0.3 is 10.6 Å². The van der Waals surface area contributed by atoms with Crippen LogP contribution in [0, 0.1) is 11.7 Å². The molecule has 1 fully saturated rings. The molecule has 1 aromatic rings. The highest BCUT2D eigenvalue weighted by Crippen LogP contribution is 2.16. The summed E-state index contributed by atoms with van der Waals surface area (Å²) in [5, 5.41) is 0. The van der Waals surface area contributed by atoms with Gasteiger partial charge in [0, 0.05) is 19.0 Å².